The molecule has 4 nitrogen and oxygen atoms in total. The SMILES string of the molecule is C1CCOC1.C1CCOC1.C[Si](C)(C)/N=C(/[N-][Si](C)(C)C)c1c(F)c(F)c(F)c(F)c1F.[Li+]. The third-order valence-corrected chi connectivity index (χ3v) is 5.74. The fourth-order valence-corrected chi connectivity index (χ4v) is 4.29. The van der Waals surface area contributed by atoms with Crippen LogP contribution in [0.1, 0.15) is 31.2 Å². The second kappa shape index (κ2) is 14.6. The monoisotopic (exact) mass is 504 g/mol. The fraction of sp³-hybridized carbons (Fsp3) is 0.667. The summed E-state index contributed by atoms with van der Waals surface area (Å²) in [5.41, 5.74) is -1.04. The van der Waals surface area contributed by atoms with Crippen molar-refractivity contribution >= 4 is 22.3 Å². The third kappa shape index (κ3) is 12.0. The molecular formula is C21H34F5LiN2O2Si2. The molecule has 0 saturated carbocycles. The van der Waals surface area contributed by atoms with E-state index in [-0.39, 0.29) is 24.7 Å². The number of amidine groups is 1. The van der Waals surface area contributed by atoms with E-state index in [0.29, 0.717) is 0 Å². The van der Waals surface area contributed by atoms with Gasteiger partial charge in [0.2, 0.25) is 5.82 Å². The van der Waals surface area contributed by atoms with Crippen LogP contribution in [-0.2, 0) is 9.47 Å². The molecule has 184 valence electrons. The van der Waals surface area contributed by atoms with E-state index in [0.717, 1.165) is 26.4 Å². The van der Waals surface area contributed by atoms with Crippen LogP contribution < -0.4 is 18.9 Å². The van der Waals surface area contributed by atoms with Gasteiger partial charge in [0.25, 0.3) is 0 Å². The zero-order valence-corrected chi connectivity index (χ0v) is 22.8. The van der Waals surface area contributed by atoms with Crippen molar-refractivity contribution in [2.75, 3.05) is 26.4 Å². The smallest absolute Gasteiger partial charge is 0.472 e. The van der Waals surface area contributed by atoms with Crippen LogP contribution in [0.25, 0.3) is 4.98 Å². The van der Waals surface area contributed by atoms with Crippen molar-refractivity contribution in [2.45, 2.75) is 65.0 Å². The number of hydrogen-bond acceptors (Lipinski definition) is 3. The van der Waals surface area contributed by atoms with Gasteiger partial charge in [-0.15, -0.1) is 0 Å². The second-order valence-electron chi connectivity index (χ2n) is 9.47. The molecule has 0 spiro atoms. The Morgan fingerprint density at radius 1 is 0.667 bits per heavy atom. The first-order chi connectivity index (χ1) is 14.7. The average Bonchev–Trinajstić information content (AvgIpc) is 3.41. The Kier molecular flexibility index (Phi) is 14.3. The van der Waals surface area contributed by atoms with Crippen LogP contribution >= 0.6 is 0 Å². The molecule has 0 bridgehead atoms. The number of rotatable bonds is 3. The molecule has 0 unspecified atom stereocenters. The van der Waals surface area contributed by atoms with Crippen molar-refractivity contribution in [3.63, 3.8) is 0 Å². The molecule has 1 aromatic carbocycles. The number of halogens is 5. The van der Waals surface area contributed by atoms with Gasteiger partial charge in [0.1, 0.15) is 0 Å². The van der Waals surface area contributed by atoms with E-state index in [1.54, 1.807) is 39.3 Å². The number of ether oxygens (including phenoxy) is 2. The minimum absolute atomic E-state index is 0. The molecule has 0 aliphatic carbocycles. The molecule has 0 aromatic heterocycles. The summed E-state index contributed by atoms with van der Waals surface area (Å²) >= 11 is 0. The molecule has 1 aromatic rings. The summed E-state index contributed by atoms with van der Waals surface area (Å²) < 4.78 is 82.0. The Morgan fingerprint density at radius 2 is 1.00 bits per heavy atom. The van der Waals surface area contributed by atoms with Crippen LogP contribution in [0.4, 0.5) is 22.0 Å². The average molecular weight is 505 g/mol. The van der Waals surface area contributed by atoms with Crippen molar-refractivity contribution in [1.29, 1.82) is 0 Å². The summed E-state index contributed by atoms with van der Waals surface area (Å²) in [7, 11) is -4.51. The van der Waals surface area contributed by atoms with Gasteiger partial charge in [0.15, 0.2) is 23.3 Å². The molecule has 0 N–H and O–H groups in total. The summed E-state index contributed by atoms with van der Waals surface area (Å²) in [6.45, 7) is 14.7. The molecule has 33 heavy (non-hydrogen) atoms. The van der Waals surface area contributed by atoms with Gasteiger partial charge in [-0.1, -0.05) is 45.1 Å². The van der Waals surface area contributed by atoms with Crippen LogP contribution in [0.2, 0.25) is 39.3 Å². The van der Waals surface area contributed by atoms with E-state index in [1.807, 2.05) is 0 Å². The van der Waals surface area contributed by atoms with Crippen LogP contribution in [0.5, 0.6) is 0 Å². The molecule has 0 amide bonds. The first kappa shape index (κ1) is 32.3. The first-order valence-corrected chi connectivity index (χ1v) is 17.6. The zero-order chi connectivity index (χ0) is 24.5. The van der Waals surface area contributed by atoms with E-state index in [9.17, 15) is 22.0 Å². The van der Waals surface area contributed by atoms with E-state index < -0.39 is 51.1 Å². The summed E-state index contributed by atoms with van der Waals surface area (Å²) in [5.74, 6) is -10.3. The predicted molar refractivity (Wildman–Crippen MR) is 123 cm³/mol. The van der Waals surface area contributed by atoms with Crippen LogP contribution in [-0.4, -0.2) is 48.7 Å². The van der Waals surface area contributed by atoms with Gasteiger partial charge >= 0.3 is 18.9 Å². The van der Waals surface area contributed by atoms with E-state index >= 15 is 0 Å². The van der Waals surface area contributed by atoms with Gasteiger partial charge in [0, 0.05) is 42.9 Å². The third-order valence-electron chi connectivity index (χ3n) is 3.97. The van der Waals surface area contributed by atoms with Crippen LogP contribution in [0, 0.1) is 29.1 Å². The minimum atomic E-state index is -2.25. The molecule has 2 fully saturated rings. The maximum absolute atomic E-state index is 14.0. The first-order valence-electron chi connectivity index (χ1n) is 10.7. The molecule has 2 aliphatic rings. The predicted octanol–water partition coefficient (Wildman–Crippen LogP) is 3.77. The van der Waals surface area contributed by atoms with Gasteiger partial charge in [-0.25, -0.2) is 22.0 Å². The van der Waals surface area contributed by atoms with Crippen molar-refractivity contribution in [3.8, 4) is 0 Å². The van der Waals surface area contributed by atoms with Crippen molar-refractivity contribution in [1.82, 2.24) is 0 Å². The number of nitrogens with zero attached hydrogens (tertiary/aromatic N) is 2. The van der Waals surface area contributed by atoms with Gasteiger partial charge < -0.3 is 19.1 Å². The van der Waals surface area contributed by atoms with Gasteiger partial charge in [-0.3, -0.25) is 0 Å². The van der Waals surface area contributed by atoms with Crippen molar-refractivity contribution in [3.05, 3.63) is 39.6 Å². The van der Waals surface area contributed by atoms with Gasteiger partial charge in [-0.05, 0) is 25.7 Å². The summed E-state index contributed by atoms with van der Waals surface area (Å²) in [4.78, 5) is 4.19. The quantitative estimate of drug-likeness (QED) is 0.157. The maximum atomic E-state index is 14.0. The normalized spacial score (nSPS) is 16.3. The Balaban J connectivity index is 0.000000754. The Bertz CT molecular complexity index is 725. The number of hydrogen-bond donors (Lipinski definition) is 0. The molecular weight excluding hydrogens is 470 g/mol. The largest absolute Gasteiger partial charge is 1.00 e. The molecule has 3 rings (SSSR count). The van der Waals surface area contributed by atoms with Gasteiger partial charge in [0.05, 0.1) is 5.56 Å². The molecule has 0 atom stereocenters. The Hall–Kier alpha value is -0.709. The number of benzene rings is 1. The van der Waals surface area contributed by atoms with Gasteiger partial charge in [-0.2, -0.15) is 0 Å². The minimum Gasteiger partial charge on any atom is -0.472 e. The second-order valence-corrected chi connectivity index (χ2v) is 18.6. The van der Waals surface area contributed by atoms with E-state index in [1.165, 1.54) is 25.7 Å². The molecule has 12 heteroatoms. The standard InChI is InChI=1S/C13H18F5N2Si2.2C4H8O.Li/c1-21(2,3)19-13(20-22(4,5)6)7-8(14)10(16)12(18)11(17)9(7)15;2*1-2-4-5-3-1;/h1-6H3;2*1-4H2;/q-1;;;+1. The summed E-state index contributed by atoms with van der Waals surface area (Å²) in [5, 5.41) is 0. The fourth-order valence-electron chi connectivity index (χ4n) is 2.59. The van der Waals surface area contributed by atoms with E-state index in [4.69, 9.17) is 9.47 Å². The molecule has 2 aliphatic heterocycles. The topological polar surface area (TPSA) is 44.9 Å². The van der Waals surface area contributed by atoms with Crippen LogP contribution in [0.3, 0.4) is 0 Å². The summed E-state index contributed by atoms with van der Waals surface area (Å²) in [6, 6.07) is 0. The summed E-state index contributed by atoms with van der Waals surface area (Å²) in [6.07, 6.45) is 5.11. The Labute approximate surface area is 208 Å². The van der Waals surface area contributed by atoms with Crippen molar-refractivity contribution in [2.24, 2.45) is 4.66 Å². The molecule has 0 radical (unpaired) electrons. The Morgan fingerprint density at radius 3 is 1.24 bits per heavy atom. The van der Waals surface area contributed by atoms with Crippen LogP contribution in [0.15, 0.2) is 4.66 Å². The molecule has 2 heterocycles. The van der Waals surface area contributed by atoms with E-state index in [2.05, 4.69) is 9.64 Å². The zero-order valence-electron chi connectivity index (χ0n) is 20.8. The molecule has 2 saturated heterocycles. The maximum Gasteiger partial charge on any atom is 1.00 e. The van der Waals surface area contributed by atoms with Crippen molar-refractivity contribution < 1.29 is 50.3 Å².